The number of methoxy groups -OCH3 is 1. The van der Waals surface area contributed by atoms with E-state index < -0.39 is 5.97 Å². The van der Waals surface area contributed by atoms with Crippen LogP contribution in [-0.2, 0) is 11.3 Å². The Morgan fingerprint density at radius 2 is 2.00 bits per heavy atom. The SMILES string of the molecule is COC(=O)c1cnc(Cn2cc(-c3ccc(N)nc3)nn2)nc1. The van der Waals surface area contributed by atoms with Crippen LogP contribution in [0.15, 0.2) is 36.9 Å². The second-order valence-electron chi connectivity index (χ2n) is 4.65. The van der Waals surface area contributed by atoms with E-state index in [9.17, 15) is 4.79 Å². The van der Waals surface area contributed by atoms with Crippen LogP contribution in [0.25, 0.3) is 11.3 Å². The van der Waals surface area contributed by atoms with Gasteiger partial charge in [-0.3, -0.25) is 0 Å². The van der Waals surface area contributed by atoms with Gasteiger partial charge in [0, 0.05) is 24.2 Å². The van der Waals surface area contributed by atoms with Gasteiger partial charge in [0.2, 0.25) is 0 Å². The Balaban J connectivity index is 1.74. The van der Waals surface area contributed by atoms with E-state index in [-0.39, 0.29) is 0 Å². The summed E-state index contributed by atoms with van der Waals surface area (Å²) in [5, 5.41) is 8.09. The average molecular weight is 311 g/mol. The highest BCUT2D eigenvalue weighted by atomic mass is 16.5. The third kappa shape index (κ3) is 3.28. The number of anilines is 1. The van der Waals surface area contributed by atoms with Crippen LogP contribution in [0.2, 0.25) is 0 Å². The molecule has 0 radical (unpaired) electrons. The maximum absolute atomic E-state index is 11.3. The number of hydrogen-bond donors (Lipinski definition) is 1. The topological polar surface area (TPSA) is 122 Å². The number of esters is 1. The van der Waals surface area contributed by atoms with Crippen LogP contribution in [-0.4, -0.2) is 43.0 Å². The molecule has 0 bridgehead atoms. The first kappa shape index (κ1) is 14.6. The fourth-order valence-electron chi connectivity index (χ4n) is 1.87. The number of nitrogen functional groups attached to an aromatic ring is 1. The molecular formula is C14H13N7O2. The lowest BCUT2D eigenvalue weighted by atomic mass is 10.2. The Morgan fingerprint density at radius 1 is 1.22 bits per heavy atom. The first-order chi connectivity index (χ1) is 11.2. The van der Waals surface area contributed by atoms with Crippen LogP contribution in [0.5, 0.6) is 0 Å². The molecule has 3 rings (SSSR count). The Labute approximate surface area is 131 Å². The maximum atomic E-state index is 11.3. The van der Waals surface area contributed by atoms with Crippen molar-refractivity contribution in [3.05, 3.63) is 48.3 Å². The number of aromatic nitrogens is 6. The van der Waals surface area contributed by atoms with E-state index in [0.29, 0.717) is 29.4 Å². The molecule has 2 N–H and O–H groups in total. The zero-order valence-electron chi connectivity index (χ0n) is 12.2. The van der Waals surface area contributed by atoms with E-state index in [2.05, 4.69) is 30.0 Å². The lowest BCUT2D eigenvalue weighted by molar-refractivity contribution is 0.0599. The molecule has 3 aromatic rings. The minimum absolute atomic E-state index is 0.295. The van der Waals surface area contributed by atoms with Crippen LogP contribution < -0.4 is 5.73 Å². The average Bonchev–Trinajstić information content (AvgIpc) is 3.04. The van der Waals surface area contributed by atoms with Gasteiger partial charge in [0.1, 0.15) is 23.9 Å². The van der Waals surface area contributed by atoms with Crippen molar-refractivity contribution < 1.29 is 9.53 Å². The largest absolute Gasteiger partial charge is 0.465 e. The molecule has 0 atom stereocenters. The summed E-state index contributed by atoms with van der Waals surface area (Å²) in [7, 11) is 1.30. The second-order valence-corrected chi connectivity index (χ2v) is 4.65. The molecule has 116 valence electrons. The van der Waals surface area contributed by atoms with Crippen molar-refractivity contribution in [2.45, 2.75) is 6.54 Å². The molecule has 0 unspecified atom stereocenters. The molecule has 3 aromatic heterocycles. The highest BCUT2D eigenvalue weighted by Crippen LogP contribution is 2.15. The van der Waals surface area contributed by atoms with Crippen molar-refractivity contribution in [2.75, 3.05) is 12.8 Å². The van der Waals surface area contributed by atoms with Gasteiger partial charge in [-0.1, -0.05) is 5.21 Å². The number of pyridine rings is 1. The molecule has 0 saturated carbocycles. The van der Waals surface area contributed by atoms with Gasteiger partial charge in [-0.05, 0) is 12.1 Å². The molecule has 0 aromatic carbocycles. The molecule has 0 spiro atoms. The third-order valence-electron chi connectivity index (χ3n) is 3.05. The number of nitrogens with zero attached hydrogens (tertiary/aromatic N) is 6. The van der Waals surface area contributed by atoms with Gasteiger partial charge in [0.15, 0.2) is 0 Å². The molecule has 0 aliphatic carbocycles. The number of carbonyl (C=O) groups excluding carboxylic acids is 1. The standard InChI is InChI=1S/C14H13N7O2/c1-23-14(22)10-5-17-13(18-6-10)8-21-7-11(19-20-21)9-2-3-12(15)16-4-9/h2-7H,8H2,1H3,(H2,15,16). The number of nitrogens with two attached hydrogens (primary N) is 1. The Hall–Kier alpha value is -3.36. The highest BCUT2D eigenvalue weighted by Gasteiger charge is 2.09. The van der Waals surface area contributed by atoms with Gasteiger partial charge in [-0.15, -0.1) is 5.10 Å². The summed E-state index contributed by atoms with van der Waals surface area (Å²) in [6.45, 7) is 0.330. The van der Waals surface area contributed by atoms with Crippen LogP contribution in [0.4, 0.5) is 5.82 Å². The Morgan fingerprint density at radius 3 is 2.65 bits per heavy atom. The van der Waals surface area contributed by atoms with Crippen LogP contribution in [0, 0.1) is 0 Å². The molecule has 9 nitrogen and oxygen atoms in total. The molecule has 3 heterocycles. The summed E-state index contributed by atoms with van der Waals surface area (Å²) < 4.78 is 6.19. The van der Waals surface area contributed by atoms with Gasteiger partial charge < -0.3 is 10.5 Å². The Bertz CT molecular complexity index is 812. The minimum atomic E-state index is -0.476. The normalized spacial score (nSPS) is 10.5. The first-order valence-corrected chi connectivity index (χ1v) is 6.67. The summed E-state index contributed by atoms with van der Waals surface area (Å²) in [4.78, 5) is 23.6. The quantitative estimate of drug-likeness (QED) is 0.693. The van der Waals surface area contributed by atoms with Gasteiger partial charge in [-0.2, -0.15) is 0 Å². The second kappa shape index (κ2) is 6.18. The minimum Gasteiger partial charge on any atom is -0.465 e. The van der Waals surface area contributed by atoms with Crippen molar-refractivity contribution in [3.63, 3.8) is 0 Å². The molecule has 0 amide bonds. The van der Waals surface area contributed by atoms with Gasteiger partial charge >= 0.3 is 5.97 Å². The van der Waals surface area contributed by atoms with E-state index in [4.69, 9.17) is 5.73 Å². The van der Waals surface area contributed by atoms with Crippen molar-refractivity contribution in [2.24, 2.45) is 0 Å². The van der Waals surface area contributed by atoms with Crippen LogP contribution in [0.1, 0.15) is 16.2 Å². The first-order valence-electron chi connectivity index (χ1n) is 6.67. The maximum Gasteiger partial charge on any atom is 0.341 e. The summed E-state index contributed by atoms with van der Waals surface area (Å²) >= 11 is 0. The monoisotopic (exact) mass is 311 g/mol. The number of rotatable bonds is 4. The van der Waals surface area contributed by atoms with Crippen LogP contribution >= 0.6 is 0 Å². The van der Waals surface area contributed by atoms with Crippen molar-refractivity contribution >= 4 is 11.8 Å². The summed E-state index contributed by atoms with van der Waals surface area (Å²) in [5.74, 6) is 0.472. The van der Waals surface area contributed by atoms with Crippen molar-refractivity contribution in [1.82, 2.24) is 29.9 Å². The fourth-order valence-corrected chi connectivity index (χ4v) is 1.87. The molecule has 23 heavy (non-hydrogen) atoms. The van der Waals surface area contributed by atoms with Crippen molar-refractivity contribution in [3.8, 4) is 11.3 Å². The molecule has 9 heteroatoms. The predicted octanol–water partition coefficient (Wildman–Crippen LogP) is 0.547. The molecular weight excluding hydrogens is 298 g/mol. The van der Waals surface area contributed by atoms with E-state index >= 15 is 0 Å². The fraction of sp³-hybridized carbons (Fsp3) is 0.143. The van der Waals surface area contributed by atoms with Gasteiger partial charge in [0.05, 0.1) is 18.9 Å². The molecule has 0 fully saturated rings. The summed E-state index contributed by atoms with van der Waals surface area (Å²) in [6.07, 6.45) is 6.21. The van der Waals surface area contributed by atoms with Gasteiger partial charge in [-0.25, -0.2) is 24.4 Å². The summed E-state index contributed by atoms with van der Waals surface area (Å²) in [6, 6.07) is 3.52. The zero-order chi connectivity index (χ0) is 16.2. The van der Waals surface area contributed by atoms with E-state index in [0.717, 1.165) is 5.56 Å². The van der Waals surface area contributed by atoms with Crippen LogP contribution in [0.3, 0.4) is 0 Å². The van der Waals surface area contributed by atoms with E-state index in [1.54, 1.807) is 23.1 Å². The van der Waals surface area contributed by atoms with E-state index in [1.165, 1.54) is 19.5 Å². The lowest BCUT2D eigenvalue weighted by Crippen LogP contribution is -2.08. The lowest BCUT2D eigenvalue weighted by Gasteiger charge is -2.01. The van der Waals surface area contributed by atoms with Gasteiger partial charge in [0.25, 0.3) is 0 Å². The van der Waals surface area contributed by atoms with Crippen molar-refractivity contribution in [1.29, 1.82) is 0 Å². The third-order valence-corrected chi connectivity index (χ3v) is 3.05. The van der Waals surface area contributed by atoms with E-state index in [1.807, 2.05) is 6.07 Å². The molecule has 0 saturated heterocycles. The molecule has 0 aliphatic rings. The predicted molar refractivity (Wildman–Crippen MR) is 80.1 cm³/mol. The zero-order valence-corrected chi connectivity index (χ0v) is 12.2. The highest BCUT2D eigenvalue weighted by molar-refractivity contribution is 5.88. The molecule has 0 aliphatic heterocycles. The smallest absolute Gasteiger partial charge is 0.341 e. The number of carbonyl (C=O) groups is 1. The number of hydrogen-bond acceptors (Lipinski definition) is 8. The Kier molecular flexibility index (Phi) is 3.91. The summed E-state index contributed by atoms with van der Waals surface area (Å²) in [5.41, 5.74) is 7.33. The number of ether oxygens (including phenoxy) is 1.